The first-order valence-electron chi connectivity index (χ1n) is 6.33. The van der Waals surface area contributed by atoms with E-state index in [-0.39, 0.29) is 6.42 Å². The smallest absolute Gasteiger partial charge is 0.329 e. The van der Waals surface area contributed by atoms with E-state index < -0.39 is 17.9 Å². The highest BCUT2D eigenvalue weighted by atomic mass is 16.5. The zero-order valence-electron chi connectivity index (χ0n) is 11.5. The van der Waals surface area contributed by atoms with E-state index in [0.29, 0.717) is 11.1 Å². The molecule has 2 aromatic rings. The third-order valence-corrected chi connectivity index (χ3v) is 2.99. The Morgan fingerprint density at radius 3 is 2.86 bits per heavy atom. The molecule has 0 aliphatic rings. The van der Waals surface area contributed by atoms with Gasteiger partial charge in [-0.25, -0.2) is 4.79 Å². The highest BCUT2D eigenvalue weighted by molar-refractivity contribution is 6.06. The van der Waals surface area contributed by atoms with E-state index in [9.17, 15) is 9.59 Å². The Kier molecular flexibility index (Phi) is 4.52. The van der Waals surface area contributed by atoms with Crippen LogP contribution in [0.5, 0.6) is 0 Å². The minimum absolute atomic E-state index is 0.0661. The number of terminal acetylenes is 1. The number of pyridine rings is 1. The van der Waals surface area contributed by atoms with E-state index in [1.54, 1.807) is 24.4 Å². The highest BCUT2D eigenvalue weighted by Gasteiger charge is 2.22. The van der Waals surface area contributed by atoms with Gasteiger partial charge in [-0.1, -0.05) is 18.2 Å². The zero-order valence-corrected chi connectivity index (χ0v) is 11.5. The van der Waals surface area contributed by atoms with E-state index in [1.807, 2.05) is 12.1 Å². The van der Waals surface area contributed by atoms with Crippen molar-refractivity contribution in [3.05, 3.63) is 42.1 Å². The number of amides is 1. The average Bonchev–Trinajstić information content (AvgIpc) is 2.53. The number of fused-ring (bicyclic) bond motifs is 1. The lowest BCUT2D eigenvalue weighted by Gasteiger charge is -2.14. The predicted molar refractivity (Wildman–Crippen MR) is 78.5 cm³/mol. The van der Waals surface area contributed by atoms with Crippen LogP contribution in [-0.2, 0) is 9.53 Å². The second-order valence-corrected chi connectivity index (χ2v) is 4.34. The lowest BCUT2D eigenvalue weighted by molar-refractivity contribution is -0.142. The van der Waals surface area contributed by atoms with Crippen LogP contribution in [0, 0.1) is 12.3 Å². The second-order valence-electron chi connectivity index (χ2n) is 4.34. The summed E-state index contributed by atoms with van der Waals surface area (Å²) in [5, 5.41) is 3.43. The van der Waals surface area contributed by atoms with Gasteiger partial charge in [-0.3, -0.25) is 9.78 Å². The fourth-order valence-corrected chi connectivity index (χ4v) is 1.98. The van der Waals surface area contributed by atoms with Crippen LogP contribution >= 0.6 is 0 Å². The molecule has 0 unspecified atom stereocenters. The van der Waals surface area contributed by atoms with Crippen LogP contribution in [0.1, 0.15) is 16.8 Å². The minimum atomic E-state index is -0.869. The van der Waals surface area contributed by atoms with E-state index in [2.05, 4.69) is 21.0 Å². The van der Waals surface area contributed by atoms with E-state index in [1.165, 1.54) is 7.11 Å². The zero-order chi connectivity index (χ0) is 15.2. The Morgan fingerprint density at radius 2 is 2.14 bits per heavy atom. The predicted octanol–water partition coefficient (Wildman–Crippen LogP) is 1.53. The monoisotopic (exact) mass is 282 g/mol. The highest BCUT2D eigenvalue weighted by Crippen LogP contribution is 2.16. The van der Waals surface area contributed by atoms with Crippen molar-refractivity contribution in [2.45, 2.75) is 12.5 Å². The van der Waals surface area contributed by atoms with Crippen molar-refractivity contribution in [2.24, 2.45) is 0 Å². The quantitative estimate of drug-likeness (QED) is 0.682. The number of rotatable bonds is 4. The summed E-state index contributed by atoms with van der Waals surface area (Å²) in [6.07, 6.45) is 6.88. The molecule has 0 saturated heterocycles. The normalized spacial score (nSPS) is 11.4. The largest absolute Gasteiger partial charge is 0.467 e. The molecule has 0 fully saturated rings. The van der Waals surface area contributed by atoms with Crippen molar-refractivity contribution >= 4 is 22.8 Å². The van der Waals surface area contributed by atoms with Gasteiger partial charge in [0.25, 0.3) is 5.91 Å². The number of hydrogen-bond donors (Lipinski definition) is 1. The van der Waals surface area contributed by atoms with Crippen LogP contribution in [0.15, 0.2) is 36.5 Å². The van der Waals surface area contributed by atoms with Crippen molar-refractivity contribution in [1.82, 2.24) is 10.3 Å². The van der Waals surface area contributed by atoms with Gasteiger partial charge in [-0.15, -0.1) is 12.3 Å². The number of hydrogen-bond acceptors (Lipinski definition) is 4. The van der Waals surface area contributed by atoms with Crippen LogP contribution in [0.2, 0.25) is 0 Å². The second kappa shape index (κ2) is 6.53. The third kappa shape index (κ3) is 3.18. The maximum Gasteiger partial charge on any atom is 0.329 e. The van der Waals surface area contributed by atoms with Crippen molar-refractivity contribution in [1.29, 1.82) is 0 Å². The molecule has 0 aliphatic heterocycles. The Balaban J connectivity index is 2.30. The molecule has 1 heterocycles. The number of para-hydroxylation sites is 1. The summed E-state index contributed by atoms with van der Waals surface area (Å²) in [6.45, 7) is 0. The molecule has 1 atom stereocenters. The molecule has 5 heteroatoms. The molecule has 21 heavy (non-hydrogen) atoms. The lowest BCUT2D eigenvalue weighted by Crippen LogP contribution is -2.41. The molecule has 1 aromatic heterocycles. The number of methoxy groups -OCH3 is 1. The summed E-state index contributed by atoms with van der Waals surface area (Å²) in [7, 11) is 1.25. The number of aromatic nitrogens is 1. The van der Waals surface area contributed by atoms with Crippen LogP contribution in [0.3, 0.4) is 0 Å². The lowest BCUT2D eigenvalue weighted by atomic mass is 10.1. The molecular formula is C16H14N2O3. The molecule has 0 saturated carbocycles. The van der Waals surface area contributed by atoms with Gasteiger partial charge >= 0.3 is 5.97 Å². The molecule has 1 aromatic carbocycles. The summed E-state index contributed by atoms with van der Waals surface area (Å²) in [5.74, 6) is 1.36. The third-order valence-electron chi connectivity index (χ3n) is 2.99. The van der Waals surface area contributed by atoms with E-state index in [0.717, 1.165) is 5.39 Å². The molecule has 5 nitrogen and oxygen atoms in total. The maximum atomic E-state index is 12.3. The van der Waals surface area contributed by atoms with Crippen molar-refractivity contribution < 1.29 is 14.3 Å². The molecule has 2 rings (SSSR count). The van der Waals surface area contributed by atoms with Gasteiger partial charge < -0.3 is 10.1 Å². The van der Waals surface area contributed by atoms with Crippen LogP contribution in [-0.4, -0.2) is 30.0 Å². The average molecular weight is 282 g/mol. The summed E-state index contributed by atoms with van der Waals surface area (Å²) in [5.41, 5.74) is 0.959. The van der Waals surface area contributed by atoms with Crippen LogP contribution in [0.25, 0.3) is 10.9 Å². The molecule has 0 spiro atoms. The number of benzene rings is 1. The maximum absolute atomic E-state index is 12.3. The van der Waals surface area contributed by atoms with Crippen molar-refractivity contribution in [3.8, 4) is 12.3 Å². The molecule has 1 amide bonds. The summed E-state index contributed by atoms with van der Waals surface area (Å²) >= 11 is 0. The van der Waals surface area contributed by atoms with Gasteiger partial charge in [0, 0.05) is 18.0 Å². The number of carbonyl (C=O) groups excluding carboxylic acids is 2. The summed E-state index contributed by atoms with van der Waals surface area (Å²) in [6, 6.07) is 8.05. The van der Waals surface area contributed by atoms with Gasteiger partial charge in [-0.2, -0.15) is 0 Å². The topological polar surface area (TPSA) is 68.3 Å². The fourth-order valence-electron chi connectivity index (χ4n) is 1.98. The van der Waals surface area contributed by atoms with Gasteiger partial charge in [0.1, 0.15) is 6.04 Å². The fraction of sp³-hybridized carbons (Fsp3) is 0.188. The number of nitrogens with zero attached hydrogens (tertiary/aromatic N) is 1. The Labute approximate surface area is 122 Å². The van der Waals surface area contributed by atoms with E-state index >= 15 is 0 Å². The number of esters is 1. The summed E-state index contributed by atoms with van der Waals surface area (Å²) < 4.78 is 4.62. The number of nitrogens with one attached hydrogen (secondary N) is 1. The Bertz CT molecular complexity index is 714. The van der Waals surface area contributed by atoms with Gasteiger partial charge in [0.05, 0.1) is 18.2 Å². The number of carbonyl (C=O) groups is 2. The Hall–Kier alpha value is -2.87. The molecule has 1 N–H and O–H groups in total. The van der Waals surface area contributed by atoms with Gasteiger partial charge in [0.2, 0.25) is 0 Å². The molecule has 0 radical (unpaired) electrons. The van der Waals surface area contributed by atoms with Crippen LogP contribution < -0.4 is 5.32 Å². The molecule has 106 valence electrons. The Morgan fingerprint density at radius 1 is 1.38 bits per heavy atom. The molecule has 0 bridgehead atoms. The standard InChI is InChI=1S/C16H14N2O3/c1-3-6-13(16(20)21-2)18-15(19)12-9-4-7-11-8-5-10-17-14(11)12/h1,4-5,7-10,13H,6H2,2H3,(H,18,19)/t13-/m1/s1. The van der Waals surface area contributed by atoms with Crippen molar-refractivity contribution in [3.63, 3.8) is 0 Å². The SMILES string of the molecule is C#CC[C@@H](NC(=O)c1cccc2cccnc12)C(=O)OC. The number of ether oxygens (including phenoxy) is 1. The molecule has 0 aliphatic carbocycles. The van der Waals surface area contributed by atoms with E-state index in [4.69, 9.17) is 6.42 Å². The first-order chi connectivity index (χ1) is 10.2. The summed E-state index contributed by atoms with van der Waals surface area (Å²) in [4.78, 5) is 28.1. The van der Waals surface area contributed by atoms with Crippen molar-refractivity contribution in [2.75, 3.05) is 7.11 Å². The first kappa shape index (κ1) is 14.5. The minimum Gasteiger partial charge on any atom is -0.467 e. The van der Waals surface area contributed by atoms with Gasteiger partial charge in [-0.05, 0) is 12.1 Å². The first-order valence-corrected chi connectivity index (χ1v) is 6.33. The van der Waals surface area contributed by atoms with Crippen LogP contribution in [0.4, 0.5) is 0 Å². The molecular weight excluding hydrogens is 268 g/mol. The van der Waals surface area contributed by atoms with Gasteiger partial charge in [0.15, 0.2) is 0 Å².